The van der Waals surface area contributed by atoms with Gasteiger partial charge in [-0.3, -0.25) is 10.1 Å². The van der Waals surface area contributed by atoms with Crippen LogP contribution in [0.2, 0.25) is 0 Å². The number of carbonyl (C=O) groups excluding carboxylic acids is 3. The second-order valence-electron chi connectivity index (χ2n) is 4.35. The molecule has 0 saturated heterocycles. The first-order valence-electron chi connectivity index (χ1n) is 6.38. The van der Waals surface area contributed by atoms with E-state index in [1.807, 2.05) is 12.2 Å². The molecule has 0 aliphatic heterocycles. The average molecular weight is 295 g/mol. The molecule has 1 rings (SSSR count). The van der Waals surface area contributed by atoms with Gasteiger partial charge in [-0.15, -0.1) is 0 Å². The van der Waals surface area contributed by atoms with Crippen LogP contribution in [0.1, 0.15) is 30.6 Å². The van der Waals surface area contributed by atoms with Crippen molar-refractivity contribution in [3.63, 3.8) is 0 Å². The van der Waals surface area contributed by atoms with Crippen molar-refractivity contribution < 1.29 is 23.9 Å². The van der Waals surface area contributed by atoms with Gasteiger partial charge in [0.15, 0.2) is 19.0 Å². The first kappa shape index (κ1) is 16.4. The molecule has 21 heavy (non-hydrogen) atoms. The predicted octanol–water partition coefficient (Wildman–Crippen LogP) is 0.101. The molecule has 0 saturated carbocycles. The van der Waals surface area contributed by atoms with Crippen LogP contribution in [0.5, 0.6) is 0 Å². The topological polar surface area (TPSA) is 111 Å². The number of carbonyl (C=O) groups is 3. The molecule has 0 aliphatic rings. The van der Waals surface area contributed by atoms with E-state index in [1.54, 1.807) is 6.92 Å². The van der Waals surface area contributed by atoms with Gasteiger partial charge in [0.25, 0.3) is 5.91 Å². The Kier molecular flexibility index (Phi) is 6.12. The number of pyridine rings is 1. The Morgan fingerprint density at radius 2 is 1.95 bits per heavy atom. The van der Waals surface area contributed by atoms with Crippen LogP contribution in [0.25, 0.3) is 0 Å². The highest BCUT2D eigenvalue weighted by Gasteiger charge is 2.13. The van der Waals surface area contributed by atoms with Crippen LogP contribution in [0.3, 0.4) is 0 Å². The first-order valence-corrected chi connectivity index (χ1v) is 6.38. The third kappa shape index (κ3) is 5.89. The molecule has 0 radical (unpaired) electrons. The summed E-state index contributed by atoms with van der Waals surface area (Å²) >= 11 is 0. The second kappa shape index (κ2) is 7.83. The van der Waals surface area contributed by atoms with Crippen molar-refractivity contribution in [3.05, 3.63) is 35.3 Å². The molecule has 8 heteroatoms. The highest BCUT2D eigenvalue weighted by atomic mass is 16.5. The van der Waals surface area contributed by atoms with Gasteiger partial charge in [-0.2, -0.15) is 4.73 Å². The fourth-order valence-corrected chi connectivity index (χ4v) is 1.29. The number of imide groups is 1. The van der Waals surface area contributed by atoms with E-state index >= 15 is 0 Å². The first-order chi connectivity index (χ1) is 9.92. The number of esters is 1. The Morgan fingerprint density at radius 1 is 1.33 bits per heavy atom. The van der Waals surface area contributed by atoms with Crippen molar-refractivity contribution in [1.82, 2.24) is 10.6 Å². The molecule has 2 N–H and O–H groups in total. The third-order valence-corrected chi connectivity index (χ3v) is 2.61. The molecule has 1 aromatic heterocycles. The minimum absolute atomic E-state index is 0.0662. The van der Waals surface area contributed by atoms with Crippen LogP contribution in [0.4, 0.5) is 4.79 Å². The standard InChI is InChI=1S/C13H17N3O5/c1-3-9(2)14-13(19)15-11(17)8-21-12(18)10-4-6-16(20)7-5-10/h4-7,9H,3,8H2,1-2H3,(H2,14,15,17,19)/t9-/m0/s1. The molecule has 1 aromatic rings. The van der Waals surface area contributed by atoms with Gasteiger partial charge in [0.05, 0.1) is 5.56 Å². The fraction of sp³-hybridized carbons (Fsp3) is 0.385. The normalized spacial score (nSPS) is 11.3. The lowest BCUT2D eigenvalue weighted by Crippen LogP contribution is -2.44. The Hall–Kier alpha value is -2.64. The maximum absolute atomic E-state index is 11.6. The van der Waals surface area contributed by atoms with Crippen LogP contribution in [0.15, 0.2) is 24.5 Å². The molecule has 8 nitrogen and oxygen atoms in total. The van der Waals surface area contributed by atoms with Crippen LogP contribution in [0, 0.1) is 5.21 Å². The molecule has 0 spiro atoms. The van der Waals surface area contributed by atoms with Gasteiger partial charge >= 0.3 is 12.0 Å². The molecule has 0 unspecified atom stereocenters. The van der Waals surface area contributed by atoms with Crippen LogP contribution in [-0.4, -0.2) is 30.6 Å². The van der Waals surface area contributed by atoms with Gasteiger partial charge in [-0.1, -0.05) is 6.92 Å². The smallest absolute Gasteiger partial charge is 0.339 e. The van der Waals surface area contributed by atoms with Crippen molar-refractivity contribution in [2.24, 2.45) is 0 Å². The SMILES string of the molecule is CC[C@H](C)NC(=O)NC(=O)COC(=O)c1cc[n+]([O-])cc1. The molecule has 0 aromatic carbocycles. The summed E-state index contributed by atoms with van der Waals surface area (Å²) in [5.41, 5.74) is 0.138. The van der Waals surface area contributed by atoms with Crippen LogP contribution in [-0.2, 0) is 9.53 Å². The molecule has 114 valence electrons. The van der Waals surface area contributed by atoms with Crippen molar-refractivity contribution in [2.75, 3.05) is 6.61 Å². The number of rotatable bonds is 5. The summed E-state index contributed by atoms with van der Waals surface area (Å²) in [4.78, 5) is 34.3. The number of nitrogens with one attached hydrogen (secondary N) is 2. The van der Waals surface area contributed by atoms with Gasteiger partial charge < -0.3 is 15.3 Å². The molecule has 0 fully saturated rings. The van der Waals surface area contributed by atoms with E-state index in [1.165, 1.54) is 12.1 Å². The Balaban J connectivity index is 2.37. The largest absolute Gasteiger partial charge is 0.619 e. The van der Waals surface area contributed by atoms with Crippen molar-refractivity contribution in [3.8, 4) is 0 Å². The number of hydrogen-bond acceptors (Lipinski definition) is 5. The summed E-state index contributed by atoms with van der Waals surface area (Å²) in [6.07, 6.45) is 3.00. The van der Waals surface area contributed by atoms with Crippen LogP contribution >= 0.6 is 0 Å². The summed E-state index contributed by atoms with van der Waals surface area (Å²) in [7, 11) is 0. The van der Waals surface area contributed by atoms with E-state index in [0.29, 0.717) is 4.73 Å². The Labute approximate surface area is 121 Å². The lowest BCUT2D eigenvalue weighted by atomic mass is 10.3. The van der Waals surface area contributed by atoms with E-state index < -0.39 is 24.5 Å². The number of urea groups is 1. The van der Waals surface area contributed by atoms with Crippen molar-refractivity contribution >= 4 is 17.9 Å². The van der Waals surface area contributed by atoms with Gasteiger partial charge in [0.2, 0.25) is 0 Å². The van der Waals surface area contributed by atoms with Gasteiger partial charge in [0.1, 0.15) is 0 Å². The number of aromatic nitrogens is 1. The molecule has 3 amide bonds. The number of amides is 3. The zero-order chi connectivity index (χ0) is 15.8. The van der Waals surface area contributed by atoms with E-state index in [-0.39, 0.29) is 11.6 Å². The second-order valence-corrected chi connectivity index (χ2v) is 4.35. The maximum atomic E-state index is 11.6. The number of nitrogens with zero attached hydrogens (tertiary/aromatic N) is 1. The van der Waals surface area contributed by atoms with E-state index in [9.17, 15) is 19.6 Å². The summed E-state index contributed by atoms with van der Waals surface area (Å²) < 4.78 is 5.24. The quantitative estimate of drug-likeness (QED) is 0.454. The minimum atomic E-state index is -0.756. The molecule has 1 heterocycles. The summed E-state index contributed by atoms with van der Waals surface area (Å²) in [5, 5.41) is 15.4. The number of hydrogen-bond donors (Lipinski definition) is 2. The van der Waals surface area contributed by atoms with Crippen LogP contribution < -0.4 is 15.4 Å². The summed E-state index contributed by atoms with van der Waals surface area (Å²) in [6.45, 7) is 3.10. The fourth-order valence-electron chi connectivity index (χ4n) is 1.29. The molecular weight excluding hydrogens is 278 g/mol. The molecule has 0 aliphatic carbocycles. The third-order valence-electron chi connectivity index (χ3n) is 2.61. The monoisotopic (exact) mass is 295 g/mol. The van der Waals surface area contributed by atoms with E-state index in [4.69, 9.17) is 4.74 Å². The number of ether oxygens (including phenoxy) is 1. The van der Waals surface area contributed by atoms with E-state index in [2.05, 4.69) is 5.32 Å². The van der Waals surface area contributed by atoms with Gasteiger partial charge in [-0.25, -0.2) is 9.59 Å². The Bertz CT molecular complexity index is 515. The lowest BCUT2D eigenvalue weighted by Gasteiger charge is -2.11. The Morgan fingerprint density at radius 3 is 2.52 bits per heavy atom. The summed E-state index contributed by atoms with van der Waals surface area (Å²) in [5.74, 6) is -1.49. The molecular formula is C13H17N3O5. The minimum Gasteiger partial charge on any atom is -0.619 e. The summed E-state index contributed by atoms with van der Waals surface area (Å²) in [6, 6.07) is 1.83. The lowest BCUT2D eigenvalue weighted by molar-refractivity contribution is -0.605. The average Bonchev–Trinajstić information content (AvgIpc) is 2.45. The molecule has 1 atom stereocenters. The predicted molar refractivity (Wildman–Crippen MR) is 72.1 cm³/mol. The highest BCUT2D eigenvalue weighted by molar-refractivity contribution is 5.97. The van der Waals surface area contributed by atoms with Gasteiger partial charge in [-0.05, 0) is 13.3 Å². The zero-order valence-electron chi connectivity index (χ0n) is 11.8. The molecule has 0 bridgehead atoms. The van der Waals surface area contributed by atoms with Gasteiger partial charge in [0, 0.05) is 18.2 Å². The van der Waals surface area contributed by atoms with E-state index in [0.717, 1.165) is 18.8 Å². The zero-order valence-corrected chi connectivity index (χ0v) is 11.8. The highest BCUT2D eigenvalue weighted by Crippen LogP contribution is 1.98. The van der Waals surface area contributed by atoms with Crippen molar-refractivity contribution in [2.45, 2.75) is 26.3 Å². The maximum Gasteiger partial charge on any atom is 0.339 e. The van der Waals surface area contributed by atoms with Crippen molar-refractivity contribution in [1.29, 1.82) is 0 Å².